The maximum Gasteiger partial charge on any atom is 0.251 e. The Kier molecular flexibility index (Phi) is 4.80. The van der Waals surface area contributed by atoms with Gasteiger partial charge in [-0.05, 0) is 39.7 Å². The standard InChI is InChI=1S/C14H11BrClFN2O2/c1-18-14(20)9-4-12(21-2)10(16)3-7(9)8-5-13(15)19-6-11(8)17/h3-6H,1-2H3,(H,18,20). The minimum absolute atomic E-state index is 0.222. The van der Waals surface area contributed by atoms with Crippen molar-refractivity contribution in [3.05, 3.63) is 45.4 Å². The summed E-state index contributed by atoms with van der Waals surface area (Å²) in [4.78, 5) is 15.8. The summed E-state index contributed by atoms with van der Waals surface area (Å²) in [7, 11) is 2.93. The lowest BCUT2D eigenvalue weighted by molar-refractivity contribution is 0.0963. The maximum absolute atomic E-state index is 14.0. The predicted molar refractivity (Wildman–Crippen MR) is 82.3 cm³/mol. The first-order valence-corrected chi connectivity index (χ1v) is 7.06. The molecular weight excluding hydrogens is 363 g/mol. The number of benzene rings is 1. The van der Waals surface area contributed by atoms with Crippen LogP contribution < -0.4 is 10.1 Å². The summed E-state index contributed by atoms with van der Waals surface area (Å²) in [6, 6.07) is 4.46. The fourth-order valence-corrected chi connectivity index (χ4v) is 2.45. The smallest absolute Gasteiger partial charge is 0.251 e. The number of nitrogens with zero attached hydrogens (tertiary/aromatic N) is 1. The minimum Gasteiger partial charge on any atom is -0.495 e. The lowest BCUT2D eigenvalue weighted by atomic mass is 9.99. The SMILES string of the molecule is CNC(=O)c1cc(OC)c(Cl)cc1-c1cc(Br)ncc1F. The quantitative estimate of drug-likeness (QED) is 0.835. The highest BCUT2D eigenvalue weighted by atomic mass is 79.9. The molecule has 0 saturated carbocycles. The highest BCUT2D eigenvalue weighted by molar-refractivity contribution is 9.10. The van der Waals surface area contributed by atoms with Gasteiger partial charge in [-0.15, -0.1) is 0 Å². The number of methoxy groups -OCH3 is 1. The van der Waals surface area contributed by atoms with E-state index in [0.29, 0.717) is 15.9 Å². The van der Waals surface area contributed by atoms with E-state index >= 15 is 0 Å². The van der Waals surface area contributed by atoms with Crippen molar-refractivity contribution in [2.75, 3.05) is 14.2 Å². The van der Waals surface area contributed by atoms with E-state index in [1.807, 2.05) is 0 Å². The van der Waals surface area contributed by atoms with Gasteiger partial charge in [0, 0.05) is 12.6 Å². The van der Waals surface area contributed by atoms with E-state index in [0.717, 1.165) is 6.20 Å². The Balaban J connectivity index is 2.74. The van der Waals surface area contributed by atoms with Crippen LogP contribution in [0.15, 0.2) is 29.0 Å². The molecule has 0 aliphatic heterocycles. The Bertz CT molecular complexity index is 710. The molecule has 0 radical (unpaired) electrons. The Labute approximate surface area is 134 Å². The molecule has 1 aromatic carbocycles. The van der Waals surface area contributed by atoms with Crippen molar-refractivity contribution in [3.63, 3.8) is 0 Å². The minimum atomic E-state index is -0.551. The number of pyridine rings is 1. The molecule has 110 valence electrons. The van der Waals surface area contributed by atoms with Crippen molar-refractivity contribution in [3.8, 4) is 16.9 Å². The molecule has 2 rings (SSSR count). The van der Waals surface area contributed by atoms with Gasteiger partial charge >= 0.3 is 0 Å². The van der Waals surface area contributed by atoms with Crippen molar-refractivity contribution in [1.29, 1.82) is 0 Å². The molecule has 1 aromatic heterocycles. The van der Waals surface area contributed by atoms with E-state index in [1.165, 1.54) is 32.4 Å². The Morgan fingerprint density at radius 1 is 1.38 bits per heavy atom. The van der Waals surface area contributed by atoms with Crippen molar-refractivity contribution in [2.24, 2.45) is 0 Å². The third kappa shape index (κ3) is 3.16. The molecule has 0 spiro atoms. The maximum atomic E-state index is 14.0. The fourth-order valence-electron chi connectivity index (χ4n) is 1.87. The van der Waals surface area contributed by atoms with Crippen LogP contribution in [0.5, 0.6) is 5.75 Å². The van der Waals surface area contributed by atoms with E-state index in [2.05, 4.69) is 26.2 Å². The number of halogens is 3. The van der Waals surface area contributed by atoms with Crippen LogP contribution in [-0.2, 0) is 0 Å². The average molecular weight is 374 g/mol. The summed E-state index contributed by atoms with van der Waals surface area (Å²) in [5.41, 5.74) is 0.844. The Hall–Kier alpha value is -1.66. The van der Waals surface area contributed by atoms with Gasteiger partial charge in [-0.1, -0.05) is 11.6 Å². The van der Waals surface area contributed by atoms with Gasteiger partial charge in [0.25, 0.3) is 5.91 Å². The highest BCUT2D eigenvalue weighted by Crippen LogP contribution is 2.35. The van der Waals surface area contributed by atoms with Crippen LogP contribution >= 0.6 is 27.5 Å². The molecular formula is C14H11BrClFN2O2. The second kappa shape index (κ2) is 6.41. The zero-order chi connectivity index (χ0) is 15.6. The molecule has 4 nitrogen and oxygen atoms in total. The molecule has 0 aliphatic rings. The van der Waals surface area contributed by atoms with Crippen LogP contribution in [0.25, 0.3) is 11.1 Å². The van der Waals surface area contributed by atoms with Gasteiger partial charge in [-0.25, -0.2) is 9.37 Å². The zero-order valence-corrected chi connectivity index (χ0v) is 13.5. The van der Waals surface area contributed by atoms with Crippen molar-refractivity contribution < 1.29 is 13.9 Å². The number of carbonyl (C=O) groups excluding carboxylic acids is 1. The molecule has 1 heterocycles. The number of amides is 1. The van der Waals surface area contributed by atoms with E-state index in [9.17, 15) is 9.18 Å². The van der Waals surface area contributed by atoms with E-state index in [-0.39, 0.29) is 22.1 Å². The highest BCUT2D eigenvalue weighted by Gasteiger charge is 2.19. The van der Waals surface area contributed by atoms with Gasteiger partial charge in [0.1, 0.15) is 16.2 Å². The van der Waals surface area contributed by atoms with Gasteiger partial charge in [-0.2, -0.15) is 0 Å². The molecule has 21 heavy (non-hydrogen) atoms. The Morgan fingerprint density at radius 3 is 2.71 bits per heavy atom. The van der Waals surface area contributed by atoms with Gasteiger partial charge in [-0.3, -0.25) is 4.79 Å². The second-order valence-electron chi connectivity index (χ2n) is 4.10. The summed E-state index contributed by atoms with van der Waals surface area (Å²) in [6.45, 7) is 0. The van der Waals surface area contributed by atoms with Gasteiger partial charge in [0.05, 0.1) is 23.9 Å². The van der Waals surface area contributed by atoms with E-state index in [1.54, 1.807) is 0 Å². The predicted octanol–water partition coefficient (Wildman–Crippen LogP) is 3.67. The average Bonchev–Trinajstić information content (AvgIpc) is 2.48. The third-order valence-corrected chi connectivity index (χ3v) is 3.60. The van der Waals surface area contributed by atoms with E-state index in [4.69, 9.17) is 16.3 Å². The molecule has 0 atom stereocenters. The van der Waals surface area contributed by atoms with Crippen LogP contribution in [0.2, 0.25) is 5.02 Å². The van der Waals surface area contributed by atoms with Gasteiger partial charge in [0.15, 0.2) is 0 Å². The lowest BCUT2D eigenvalue weighted by Gasteiger charge is -2.13. The normalized spacial score (nSPS) is 10.3. The number of hydrogen-bond donors (Lipinski definition) is 1. The number of nitrogens with one attached hydrogen (secondary N) is 1. The number of ether oxygens (including phenoxy) is 1. The number of hydrogen-bond acceptors (Lipinski definition) is 3. The summed E-state index contributed by atoms with van der Waals surface area (Å²) in [6.07, 6.45) is 1.07. The van der Waals surface area contributed by atoms with Gasteiger partial charge in [0.2, 0.25) is 0 Å². The van der Waals surface area contributed by atoms with Crippen LogP contribution in [0.1, 0.15) is 10.4 Å². The summed E-state index contributed by atoms with van der Waals surface area (Å²) >= 11 is 9.27. The summed E-state index contributed by atoms with van der Waals surface area (Å²) < 4.78 is 19.6. The first-order chi connectivity index (χ1) is 9.97. The topological polar surface area (TPSA) is 51.2 Å². The number of carbonyl (C=O) groups is 1. The zero-order valence-electron chi connectivity index (χ0n) is 11.2. The number of rotatable bonds is 3. The van der Waals surface area contributed by atoms with Crippen LogP contribution in [0.3, 0.4) is 0 Å². The molecule has 1 N–H and O–H groups in total. The van der Waals surface area contributed by atoms with Crippen molar-refractivity contribution in [2.45, 2.75) is 0 Å². The lowest BCUT2D eigenvalue weighted by Crippen LogP contribution is -2.19. The van der Waals surface area contributed by atoms with Crippen LogP contribution in [-0.4, -0.2) is 25.0 Å². The van der Waals surface area contributed by atoms with Crippen molar-refractivity contribution in [1.82, 2.24) is 10.3 Å². The van der Waals surface area contributed by atoms with Crippen molar-refractivity contribution >= 4 is 33.4 Å². The van der Waals surface area contributed by atoms with E-state index < -0.39 is 5.82 Å². The fraction of sp³-hybridized carbons (Fsp3) is 0.143. The molecule has 0 aliphatic carbocycles. The molecule has 2 aromatic rings. The first-order valence-electron chi connectivity index (χ1n) is 5.89. The molecule has 7 heteroatoms. The molecule has 0 unspecified atom stereocenters. The first kappa shape index (κ1) is 15.7. The molecule has 0 bridgehead atoms. The van der Waals surface area contributed by atoms with Crippen LogP contribution in [0.4, 0.5) is 4.39 Å². The van der Waals surface area contributed by atoms with Crippen LogP contribution in [0, 0.1) is 5.82 Å². The molecule has 1 amide bonds. The molecule has 0 fully saturated rings. The third-order valence-electron chi connectivity index (χ3n) is 2.88. The largest absolute Gasteiger partial charge is 0.495 e. The monoisotopic (exact) mass is 372 g/mol. The summed E-state index contributed by atoms with van der Waals surface area (Å²) in [5, 5.41) is 2.79. The summed E-state index contributed by atoms with van der Waals surface area (Å²) in [5.74, 6) is -0.579. The van der Waals surface area contributed by atoms with Gasteiger partial charge < -0.3 is 10.1 Å². The molecule has 0 saturated heterocycles. The second-order valence-corrected chi connectivity index (χ2v) is 5.32. The Morgan fingerprint density at radius 2 is 2.10 bits per heavy atom. The number of aromatic nitrogens is 1.